The molecule has 152 valence electrons. The third-order valence-electron chi connectivity index (χ3n) is 4.19. The van der Waals surface area contributed by atoms with E-state index in [4.69, 9.17) is 5.14 Å². The number of carbonyl (C=O) groups excluding carboxylic acids is 1. The highest BCUT2D eigenvalue weighted by Crippen LogP contribution is 2.22. The Morgan fingerprint density at radius 3 is 2.25 bits per heavy atom. The molecule has 1 amide bonds. The van der Waals surface area contributed by atoms with Crippen LogP contribution in [-0.2, 0) is 20.0 Å². The molecule has 0 aliphatic carbocycles. The van der Waals surface area contributed by atoms with Gasteiger partial charge in [0, 0.05) is 24.3 Å². The molecular weight excluding hydrogens is 402 g/mol. The Labute approximate surface area is 165 Å². The minimum atomic E-state index is -3.91. The quantitative estimate of drug-likeness (QED) is 0.701. The van der Waals surface area contributed by atoms with E-state index in [9.17, 15) is 21.6 Å². The molecule has 10 heteroatoms. The van der Waals surface area contributed by atoms with E-state index in [2.05, 4.69) is 5.32 Å². The topological polar surface area (TPSA) is 127 Å². The maximum absolute atomic E-state index is 12.8. The third kappa shape index (κ3) is 4.76. The standard InChI is InChI=1S/C18H23N3O5S2/c1-4-21(5-2)28(25,26)17-11-14(10-9-13(17)3)18(22)20-15-7-6-8-16(12-15)27(19,23)24/h6-12H,4-5H2,1-3H3,(H,20,22)(H2,19,23,24). The van der Waals surface area contributed by atoms with Crippen molar-refractivity contribution in [2.24, 2.45) is 5.14 Å². The lowest BCUT2D eigenvalue weighted by Gasteiger charge is -2.20. The Balaban J connectivity index is 2.38. The summed E-state index contributed by atoms with van der Waals surface area (Å²) in [5.74, 6) is -0.567. The van der Waals surface area contributed by atoms with Gasteiger partial charge in [0.15, 0.2) is 0 Å². The lowest BCUT2D eigenvalue weighted by atomic mass is 10.1. The number of sulfonamides is 2. The van der Waals surface area contributed by atoms with Crippen LogP contribution in [0.3, 0.4) is 0 Å². The fourth-order valence-corrected chi connectivity index (χ4v) is 4.94. The summed E-state index contributed by atoms with van der Waals surface area (Å²) in [5.41, 5.74) is 0.891. The first kappa shape index (κ1) is 22.0. The van der Waals surface area contributed by atoms with Crippen molar-refractivity contribution in [1.29, 1.82) is 0 Å². The molecule has 0 aliphatic heterocycles. The summed E-state index contributed by atoms with van der Waals surface area (Å²) in [6, 6.07) is 9.89. The molecule has 0 saturated heterocycles. The van der Waals surface area contributed by atoms with Crippen molar-refractivity contribution < 1.29 is 21.6 Å². The van der Waals surface area contributed by atoms with E-state index in [0.29, 0.717) is 18.7 Å². The van der Waals surface area contributed by atoms with Crippen LogP contribution < -0.4 is 10.5 Å². The van der Waals surface area contributed by atoms with E-state index < -0.39 is 26.0 Å². The molecule has 0 bridgehead atoms. The summed E-state index contributed by atoms with van der Waals surface area (Å²) in [6.07, 6.45) is 0. The largest absolute Gasteiger partial charge is 0.322 e. The molecule has 2 rings (SSSR count). The molecule has 0 radical (unpaired) electrons. The average molecular weight is 426 g/mol. The first-order valence-electron chi connectivity index (χ1n) is 8.55. The molecule has 0 aliphatic rings. The number of carbonyl (C=O) groups is 1. The van der Waals surface area contributed by atoms with Gasteiger partial charge >= 0.3 is 0 Å². The number of hydrogen-bond acceptors (Lipinski definition) is 5. The van der Waals surface area contributed by atoms with Gasteiger partial charge in [-0.05, 0) is 42.8 Å². The first-order valence-corrected chi connectivity index (χ1v) is 11.5. The second kappa shape index (κ2) is 8.39. The van der Waals surface area contributed by atoms with Gasteiger partial charge in [0.2, 0.25) is 20.0 Å². The number of hydrogen-bond donors (Lipinski definition) is 2. The normalized spacial score (nSPS) is 12.2. The third-order valence-corrected chi connectivity index (χ3v) is 7.30. The zero-order valence-corrected chi connectivity index (χ0v) is 17.5. The Bertz CT molecular complexity index is 1090. The summed E-state index contributed by atoms with van der Waals surface area (Å²) >= 11 is 0. The van der Waals surface area contributed by atoms with Crippen molar-refractivity contribution in [3.63, 3.8) is 0 Å². The number of primary sulfonamides is 1. The van der Waals surface area contributed by atoms with Gasteiger partial charge in [-0.25, -0.2) is 22.0 Å². The highest BCUT2D eigenvalue weighted by Gasteiger charge is 2.24. The van der Waals surface area contributed by atoms with Crippen LogP contribution in [0, 0.1) is 6.92 Å². The van der Waals surface area contributed by atoms with Crippen LogP contribution in [-0.4, -0.2) is 40.1 Å². The van der Waals surface area contributed by atoms with Crippen molar-refractivity contribution in [2.45, 2.75) is 30.6 Å². The molecular formula is C18H23N3O5S2. The molecule has 0 heterocycles. The molecule has 0 aromatic heterocycles. The molecule has 0 fully saturated rings. The van der Waals surface area contributed by atoms with Crippen LogP contribution in [0.1, 0.15) is 29.8 Å². The summed E-state index contributed by atoms with van der Waals surface area (Å²) < 4.78 is 49.8. The molecule has 2 aromatic rings. The molecule has 2 aromatic carbocycles. The van der Waals surface area contributed by atoms with Crippen LogP contribution in [0.15, 0.2) is 52.3 Å². The van der Waals surface area contributed by atoms with Gasteiger partial charge in [-0.1, -0.05) is 26.0 Å². The van der Waals surface area contributed by atoms with E-state index in [1.54, 1.807) is 26.8 Å². The molecule has 0 spiro atoms. The molecule has 0 unspecified atom stereocenters. The summed E-state index contributed by atoms with van der Waals surface area (Å²) in [7, 11) is -7.64. The van der Waals surface area contributed by atoms with Crippen LogP contribution >= 0.6 is 0 Å². The second-order valence-electron chi connectivity index (χ2n) is 6.10. The number of anilines is 1. The lowest BCUT2D eigenvalue weighted by Crippen LogP contribution is -2.31. The molecule has 8 nitrogen and oxygen atoms in total. The minimum Gasteiger partial charge on any atom is -0.322 e. The number of nitrogens with one attached hydrogen (secondary N) is 1. The van der Waals surface area contributed by atoms with Crippen molar-refractivity contribution in [1.82, 2.24) is 4.31 Å². The summed E-state index contributed by atoms with van der Waals surface area (Å²) in [5, 5.41) is 7.65. The van der Waals surface area contributed by atoms with Crippen LogP contribution in [0.5, 0.6) is 0 Å². The van der Waals surface area contributed by atoms with Gasteiger partial charge in [-0.3, -0.25) is 4.79 Å². The van der Waals surface area contributed by atoms with Gasteiger partial charge in [0.05, 0.1) is 9.79 Å². The van der Waals surface area contributed by atoms with Crippen LogP contribution in [0.4, 0.5) is 5.69 Å². The van der Waals surface area contributed by atoms with E-state index >= 15 is 0 Å². The molecule has 0 atom stereocenters. The number of rotatable bonds is 7. The highest BCUT2D eigenvalue weighted by atomic mass is 32.2. The average Bonchev–Trinajstić information content (AvgIpc) is 2.62. The summed E-state index contributed by atoms with van der Waals surface area (Å²) in [6.45, 7) is 5.77. The molecule has 3 N–H and O–H groups in total. The predicted octanol–water partition coefficient (Wildman–Crippen LogP) is 1.93. The van der Waals surface area contributed by atoms with Crippen LogP contribution in [0.25, 0.3) is 0 Å². The fraction of sp³-hybridized carbons (Fsp3) is 0.278. The second-order valence-corrected chi connectivity index (χ2v) is 9.56. The van der Waals surface area contributed by atoms with Crippen molar-refractivity contribution in [3.8, 4) is 0 Å². The van der Waals surface area contributed by atoms with Gasteiger partial charge in [-0.2, -0.15) is 4.31 Å². The van der Waals surface area contributed by atoms with Crippen molar-refractivity contribution in [2.75, 3.05) is 18.4 Å². The SMILES string of the molecule is CCN(CC)S(=O)(=O)c1cc(C(=O)Nc2cccc(S(N)(=O)=O)c2)ccc1C. The van der Waals surface area contributed by atoms with E-state index in [1.165, 1.54) is 40.7 Å². The van der Waals surface area contributed by atoms with Crippen LogP contribution in [0.2, 0.25) is 0 Å². The van der Waals surface area contributed by atoms with E-state index in [1.807, 2.05) is 0 Å². The Morgan fingerprint density at radius 1 is 1.04 bits per heavy atom. The lowest BCUT2D eigenvalue weighted by molar-refractivity contribution is 0.102. The Hall–Kier alpha value is -2.27. The Kier molecular flexibility index (Phi) is 6.60. The maximum Gasteiger partial charge on any atom is 0.255 e. The molecule has 0 saturated carbocycles. The zero-order chi connectivity index (χ0) is 21.1. The maximum atomic E-state index is 12.8. The highest BCUT2D eigenvalue weighted by molar-refractivity contribution is 7.89. The van der Waals surface area contributed by atoms with Gasteiger partial charge in [0.1, 0.15) is 0 Å². The first-order chi connectivity index (χ1) is 13.0. The number of benzene rings is 2. The summed E-state index contributed by atoms with van der Waals surface area (Å²) in [4.78, 5) is 12.5. The van der Waals surface area contributed by atoms with E-state index in [0.717, 1.165) is 0 Å². The smallest absolute Gasteiger partial charge is 0.255 e. The minimum absolute atomic E-state index is 0.0575. The predicted molar refractivity (Wildman–Crippen MR) is 107 cm³/mol. The van der Waals surface area contributed by atoms with Gasteiger partial charge in [-0.15, -0.1) is 0 Å². The molecule has 28 heavy (non-hydrogen) atoms. The fourth-order valence-electron chi connectivity index (χ4n) is 2.68. The zero-order valence-electron chi connectivity index (χ0n) is 15.8. The van der Waals surface area contributed by atoms with Crippen molar-refractivity contribution >= 4 is 31.6 Å². The van der Waals surface area contributed by atoms with Crippen molar-refractivity contribution in [3.05, 3.63) is 53.6 Å². The van der Waals surface area contributed by atoms with Gasteiger partial charge in [0.25, 0.3) is 5.91 Å². The van der Waals surface area contributed by atoms with Gasteiger partial charge < -0.3 is 5.32 Å². The Morgan fingerprint density at radius 2 is 1.68 bits per heavy atom. The van der Waals surface area contributed by atoms with E-state index in [-0.39, 0.29) is 21.0 Å². The monoisotopic (exact) mass is 425 g/mol. The number of amides is 1. The number of nitrogens with two attached hydrogens (primary N) is 1. The number of aryl methyl sites for hydroxylation is 1. The number of nitrogens with zero attached hydrogens (tertiary/aromatic N) is 1.